The van der Waals surface area contributed by atoms with Crippen LogP contribution in [0.4, 0.5) is 0 Å². The van der Waals surface area contributed by atoms with Crippen molar-refractivity contribution in [3.8, 4) is 0 Å². The molecule has 0 aliphatic carbocycles. The van der Waals surface area contributed by atoms with Crippen molar-refractivity contribution in [1.82, 2.24) is 5.32 Å². The van der Waals surface area contributed by atoms with Crippen molar-refractivity contribution >= 4 is 5.91 Å². The smallest absolute Gasteiger partial charge is 0.220 e. The molecule has 0 aromatic heterocycles. The van der Waals surface area contributed by atoms with E-state index in [1.54, 1.807) is 0 Å². The molecule has 3 atom stereocenters. The zero-order valence-electron chi connectivity index (χ0n) is 44.6. The first-order valence-corrected chi connectivity index (χ1v) is 29.8. The summed E-state index contributed by atoms with van der Waals surface area (Å²) in [5.74, 6) is -0.150. The van der Waals surface area contributed by atoms with E-state index in [-0.39, 0.29) is 12.5 Å². The molecule has 0 aromatic rings. The average molecular weight is 929 g/mol. The van der Waals surface area contributed by atoms with E-state index in [9.17, 15) is 20.1 Å². The van der Waals surface area contributed by atoms with Crippen LogP contribution in [0.25, 0.3) is 0 Å². The van der Waals surface area contributed by atoms with Crippen LogP contribution in [0.3, 0.4) is 0 Å². The van der Waals surface area contributed by atoms with Crippen molar-refractivity contribution in [2.24, 2.45) is 0 Å². The van der Waals surface area contributed by atoms with Crippen LogP contribution in [-0.4, -0.2) is 46.1 Å². The number of amides is 1. The van der Waals surface area contributed by atoms with Crippen molar-refractivity contribution in [2.45, 2.75) is 340 Å². The van der Waals surface area contributed by atoms with Crippen molar-refractivity contribution in [1.29, 1.82) is 0 Å². The van der Waals surface area contributed by atoms with Gasteiger partial charge in [-0.1, -0.05) is 281 Å². The Hall–Kier alpha value is -1.43. The topological polar surface area (TPSA) is 89.8 Å². The molecule has 66 heavy (non-hydrogen) atoms. The molecule has 0 saturated heterocycles. The number of aliphatic hydroxyl groups excluding tert-OH is 3. The van der Waals surface area contributed by atoms with E-state index in [1.807, 2.05) is 0 Å². The number of hydrogen-bond acceptors (Lipinski definition) is 4. The maximum Gasteiger partial charge on any atom is 0.220 e. The van der Waals surface area contributed by atoms with Gasteiger partial charge in [-0.05, 0) is 70.6 Å². The first kappa shape index (κ1) is 64.6. The van der Waals surface area contributed by atoms with Gasteiger partial charge in [0, 0.05) is 6.42 Å². The van der Waals surface area contributed by atoms with Crippen molar-refractivity contribution in [3.63, 3.8) is 0 Å². The average Bonchev–Trinajstić information content (AvgIpc) is 3.32. The van der Waals surface area contributed by atoms with Gasteiger partial charge < -0.3 is 20.6 Å². The second-order valence-electron chi connectivity index (χ2n) is 20.5. The number of carbonyl (C=O) groups excluding carboxylic acids is 1. The molecule has 0 saturated carbocycles. The maximum absolute atomic E-state index is 12.5. The third-order valence-corrected chi connectivity index (χ3v) is 14.0. The van der Waals surface area contributed by atoms with Gasteiger partial charge in [-0.25, -0.2) is 0 Å². The highest BCUT2D eigenvalue weighted by Crippen LogP contribution is 2.17. The highest BCUT2D eigenvalue weighted by Gasteiger charge is 2.26. The van der Waals surface area contributed by atoms with Crippen LogP contribution in [0.2, 0.25) is 0 Å². The molecule has 0 rings (SSSR count). The summed E-state index contributed by atoms with van der Waals surface area (Å²) < 4.78 is 0. The first-order valence-electron chi connectivity index (χ1n) is 29.8. The Morgan fingerprint density at radius 3 is 0.970 bits per heavy atom. The Kier molecular flexibility index (Phi) is 54.9. The molecular weight excluding hydrogens is 811 g/mol. The number of nitrogens with one attached hydrogen (secondary N) is 1. The van der Waals surface area contributed by atoms with E-state index >= 15 is 0 Å². The summed E-state index contributed by atoms with van der Waals surface area (Å²) in [5, 5.41) is 33.8. The molecule has 390 valence electrons. The molecular formula is C61H117NO4. The monoisotopic (exact) mass is 928 g/mol. The summed E-state index contributed by atoms with van der Waals surface area (Å²) in [6.45, 7) is 4.20. The van der Waals surface area contributed by atoms with Gasteiger partial charge in [0.1, 0.15) is 6.10 Å². The predicted octanol–water partition coefficient (Wildman–Crippen LogP) is 18.6. The third-order valence-electron chi connectivity index (χ3n) is 14.0. The van der Waals surface area contributed by atoms with E-state index in [1.165, 1.54) is 250 Å². The van der Waals surface area contributed by atoms with Gasteiger partial charge in [0.05, 0.1) is 18.8 Å². The second kappa shape index (κ2) is 56.2. The Labute approximate surface area is 413 Å². The fourth-order valence-electron chi connectivity index (χ4n) is 9.37. The molecule has 0 aliphatic rings. The second-order valence-corrected chi connectivity index (χ2v) is 20.5. The van der Waals surface area contributed by atoms with Gasteiger partial charge in [-0.2, -0.15) is 0 Å². The van der Waals surface area contributed by atoms with Gasteiger partial charge in [-0.15, -0.1) is 0 Å². The lowest BCUT2D eigenvalue weighted by molar-refractivity contribution is -0.124. The number of hydrogen-bond donors (Lipinski definition) is 4. The number of allylic oxidation sites excluding steroid dienone is 6. The van der Waals surface area contributed by atoms with E-state index in [2.05, 4.69) is 55.6 Å². The Morgan fingerprint density at radius 2 is 0.652 bits per heavy atom. The number of rotatable bonds is 55. The molecule has 0 spiro atoms. The van der Waals surface area contributed by atoms with Gasteiger partial charge in [0.15, 0.2) is 0 Å². The largest absolute Gasteiger partial charge is 0.394 e. The molecule has 0 heterocycles. The molecule has 0 aliphatic heterocycles. The highest BCUT2D eigenvalue weighted by molar-refractivity contribution is 5.76. The molecule has 0 aromatic carbocycles. The zero-order chi connectivity index (χ0) is 47.9. The van der Waals surface area contributed by atoms with Crippen LogP contribution < -0.4 is 5.32 Å². The molecule has 0 fully saturated rings. The Bertz CT molecular complexity index is 1020. The SMILES string of the molecule is CCCCCCCCCCC/C=C\C/C=C\CCCCCCCCCCCCCCCCCCCC(=O)NC(CO)C(O)C(O)CCC/C=C/CCCCCCCCCCCCCCCC. The molecule has 5 nitrogen and oxygen atoms in total. The normalized spacial score (nSPS) is 13.5. The van der Waals surface area contributed by atoms with Gasteiger partial charge in [0.25, 0.3) is 0 Å². The molecule has 3 unspecified atom stereocenters. The van der Waals surface area contributed by atoms with Gasteiger partial charge in [0.2, 0.25) is 5.91 Å². The predicted molar refractivity (Wildman–Crippen MR) is 291 cm³/mol. The third kappa shape index (κ3) is 50.4. The highest BCUT2D eigenvalue weighted by atomic mass is 16.3. The van der Waals surface area contributed by atoms with Gasteiger partial charge >= 0.3 is 0 Å². The van der Waals surface area contributed by atoms with Crippen LogP contribution in [-0.2, 0) is 4.79 Å². The zero-order valence-corrected chi connectivity index (χ0v) is 44.6. The van der Waals surface area contributed by atoms with Gasteiger partial charge in [-0.3, -0.25) is 4.79 Å². The van der Waals surface area contributed by atoms with Crippen molar-refractivity contribution in [2.75, 3.05) is 6.61 Å². The molecule has 5 heteroatoms. The lowest BCUT2D eigenvalue weighted by Crippen LogP contribution is -2.50. The van der Waals surface area contributed by atoms with Crippen molar-refractivity contribution in [3.05, 3.63) is 36.5 Å². The molecule has 0 bridgehead atoms. The Balaban J connectivity index is 3.52. The molecule has 0 radical (unpaired) electrons. The van der Waals surface area contributed by atoms with E-state index < -0.39 is 18.2 Å². The number of aliphatic hydroxyl groups is 3. The maximum atomic E-state index is 12.5. The minimum atomic E-state index is -1.16. The van der Waals surface area contributed by atoms with E-state index in [4.69, 9.17) is 0 Å². The minimum Gasteiger partial charge on any atom is -0.394 e. The number of unbranched alkanes of at least 4 members (excludes halogenated alkanes) is 41. The summed E-state index contributed by atoms with van der Waals surface area (Å²) in [5.41, 5.74) is 0. The summed E-state index contributed by atoms with van der Waals surface area (Å²) in [7, 11) is 0. The summed E-state index contributed by atoms with van der Waals surface area (Å²) >= 11 is 0. The summed E-state index contributed by atoms with van der Waals surface area (Å²) in [4.78, 5) is 12.5. The van der Waals surface area contributed by atoms with E-state index in [0.29, 0.717) is 12.8 Å². The first-order chi connectivity index (χ1) is 32.6. The fraction of sp³-hybridized carbons (Fsp3) is 0.885. The molecule has 1 amide bonds. The quantitative estimate of drug-likeness (QED) is 0.0361. The number of carbonyl (C=O) groups is 1. The van der Waals surface area contributed by atoms with E-state index in [0.717, 1.165) is 44.9 Å². The standard InChI is InChI=1S/C61H117NO4/c1-3-5-7-9-11-13-15-17-19-21-23-24-25-26-27-28-29-30-31-32-33-34-35-36-38-40-42-44-46-48-50-52-54-56-60(65)62-58(57-63)61(66)59(64)55-53-51-49-47-45-43-41-39-37-22-20-18-16-14-12-10-8-6-4-2/h23-24,26-27,47,49,58-59,61,63-64,66H,3-22,25,28-46,48,50-57H2,1-2H3,(H,62,65)/b24-23-,27-26-,49-47+. The van der Waals surface area contributed by atoms with Crippen LogP contribution in [0.5, 0.6) is 0 Å². The van der Waals surface area contributed by atoms with Crippen LogP contribution in [0.1, 0.15) is 322 Å². The summed E-state index contributed by atoms with van der Waals surface area (Å²) in [6.07, 6.45) is 73.2. The van der Waals surface area contributed by atoms with Crippen LogP contribution in [0.15, 0.2) is 36.5 Å². The van der Waals surface area contributed by atoms with Crippen LogP contribution >= 0.6 is 0 Å². The lowest BCUT2D eigenvalue weighted by atomic mass is 10.0. The molecule has 4 N–H and O–H groups in total. The minimum absolute atomic E-state index is 0.150. The van der Waals surface area contributed by atoms with Crippen molar-refractivity contribution < 1.29 is 20.1 Å². The summed E-state index contributed by atoms with van der Waals surface area (Å²) in [6, 6.07) is -0.826. The lowest BCUT2D eigenvalue weighted by Gasteiger charge is -2.26. The Morgan fingerprint density at radius 1 is 0.379 bits per heavy atom. The van der Waals surface area contributed by atoms with Crippen LogP contribution in [0, 0.1) is 0 Å². The fourth-order valence-corrected chi connectivity index (χ4v) is 9.37.